The Morgan fingerprint density at radius 1 is 0.349 bits per heavy atom. The van der Waals surface area contributed by atoms with Gasteiger partial charge in [-0.2, -0.15) is 0 Å². The van der Waals surface area contributed by atoms with Gasteiger partial charge in [-0.3, -0.25) is 0 Å². The summed E-state index contributed by atoms with van der Waals surface area (Å²) in [6.07, 6.45) is 0. The Hall–Kier alpha value is -5.80. The molecule has 1 aliphatic heterocycles. The van der Waals surface area contributed by atoms with Crippen molar-refractivity contribution < 1.29 is 9.47 Å². The number of ether oxygens (including phenoxy) is 2. The van der Waals surface area contributed by atoms with Gasteiger partial charge in [0.25, 0.3) is 0 Å². The molecule has 0 saturated carbocycles. The Kier molecular flexibility index (Phi) is 5.20. The first-order valence-corrected chi connectivity index (χ1v) is 14.5. The molecule has 7 aromatic carbocycles. The second-order valence-electron chi connectivity index (χ2n) is 11.0. The number of nitrogens with zero attached hydrogens (tertiary/aromatic N) is 1. The maximum atomic E-state index is 6.32. The molecule has 0 amide bonds. The highest BCUT2D eigenvalue weighted by Crippen LogP contribution is 2.48. The summed E-state index contributed by atoms with van der Waals surface area (Å²) in [5.74, 6) is 2.94. The molecule has 8 aromatic rings. The van der Waals surface area contributed by atoms with E-state index in [9.17, 15) is 0 Å². The van der Waals surface area contributed by atoms with E-state index >= 15 is 0 Å². The lowest BCUT2D eigenvalue weighted by Crippen LogP contribution is -1.99. The normalized spacial score (nSPS) is 12.1. The van der Waals surface area contributed by atoms with E-state index in [0.29, 0.717) is 0 Å². The van der Waals surface area contributed by atoms with Crippen molar-refractivity contribution >= 4 is 32.6 Å². The van der Waals surface area contributed by atoms with Crippen LogP contribution in [0.3, 0.4) is 0 Å². The summed E-state index contributed by atoms with van der Waals surface area (Å²) in [6.45, 7) is 0. The number of para-hydroxylation sites is 2. The highest BCUT2D eigenvalue weighted by atomic mass is 16.6. The van der Waals surface area contributed by atoms with E-state index in [1.807, 2.05) is 30.3 Å². The smallest absolute Gasteiger partial charge is 0.170 e. The minimum absolute atomic E-state index is 0.726. The van der Waals surface area contributed by atoms with Crippen LogP contribution in [0.2, 0.25) is 0 Å². The van der Waals surface area contributed by atoms with Gasteiger partial charge in [0.2, 0.25) is 0 Å². The molecule has 0 bridgehead atoms. The van der Waals surface area contributed by atoms with Crippen LogP contribution >= 0.6 is 0 Å². The molecule has 0 fully saturated rings. The van der Waals surface area contributed by atoms with Crippen molar-refractivity contribution in [2.24, 2.45) is 0 Å². The van der Waals surface area contributed by atoms with Crippen molar-refractivity contribution in [2.45, 2.75) is 0 Å². The van der Waals surface area contributed by atoms with Gasteiger partial charge in [0.1, 0.15) is 0 Å². The Morgan fingerprint density at radius 3 is 1.63 bits per heavy atom. The van der Waals surface area contributed by atoms with Gasteiger partial charge in [-0.1, -0.05) is 97.1 Å². The fourth-order valence-corrected chi connectivity index (χ4v) is 6.31. The molecule has 202 valence electrons. The highest BCUT2D eigenvalue weighted by Gasteiger charge is 2.20. The molecule has 0 saturated heterocycles. The summed E-state index contributed by atoms with van der Waals surface area (Å²) in [5.41, 5.74) is 8.17. The second kappa shape index (κ2) is 9.37. The van der Waals surface area contributed by atoms with Gasteiger partial charge in [0, 0.05) is 16.5 Å². The maximum Gasteiger partial charge on any atom is 0.170 e. The molecular weight excluding hydrogens is 526 g/mol. The van der Waals surface area contributed by atoms with Gasteiger partial charge in [-0.25, -0.2) is 0 Å². The summed E-state index contributed by atoms with van der Waals surface area (Å²) in [4.78, 5) is 0. The predicted octanol–water partition coefficient (Wildman–Crippen LogP) is 11.2. The maximum absolute atomic E-state index is 6.32. The monoisotopic (exact) mass is 551 g/mol. The molecule has 43 heavy (non-hydrogen) atoms. The van der Waals surface area contributed by atoms with Crippen molar-refractivity contribution in [3.05, 3.63) is 152 Å². The first-order valence-electron chi connectivity index (χ1n) is 14.5. The molecule has 0 unspecified atom stereocenters. The molecule has 0 aliphatic carbocycles. The Labute approximate surface area is 248 Å². The zero-order valence-electron chi connectivity index (χ0n) is 23.2. The van der Waals surface area contributed by atoms with Gasteiger partial charge in [-0.15, -0.1) is 0 Å². The number of benzene rings is 7. The first-order chi connectivity index (χ1) is 21.3. The summed E-state index contributed by atoms with van der Waals surface area (Å²) >= 11 is 0. The second-order valence-corrected chi connectivity index (χ2v) is 11.0. The Morgan fingerprint density at radius 2 is 0.884 bits per heavy atom. The van der Waals surface area contributed by atoms with Crippen molar-refractivity contribution in [1.29, 1.82) is 0 Å². The molecule has 9 rings (SSSR count). The largest absolute Gasteiger partial charge is 0.449 e. The van der Waals surface area contributed by atoms with Gasteiger partial charge < -0.3 is 14.0 Å². The fraction of sp³-hybridized carbons (Fsp3) is 0. The molecule has 0 N–H and O–H groups in total. The van der Waals surface area contributed by atoms with Gasteiger partial charge in [-0.05, 0) is 87.6 Å². The van der Waals surface area contributed by atoms with Crippen LogP contribution in [-0.4, -0.2) is 4.57 Å². The average Bonchev–Trinajstić information content (AvgIpc) is 3.40. The van der Waals surface area contributed by atoms with Crippen LogP contribution in [0.25, 0.3) is 60.5 Å². The number of fused-ring (bicyclic) bond motifs is 6. The summed E-state index contributed by atoms with van der Waals surface area (Å²) < 4.78 is 14.9. The van der Waals surface area contributed by atoms with Crippen molar-refractivity contribution in [1.82, 2.24) is 4.57 Å². The van der Waals surface area contributed by atoms with Crippen LogP contribution in [0.4, 0.5) is 0 Å². The molecule has 0 spiro atoms. The Bertz CT molecular complexity index is 2330. The zero-order valence-corrected chi connectivity index (χ0v) is 23.2. The van der Waals surface area contributed by atoms with Crippen molar-refractivity contribution in [3.63, 3.8) is 0 Å². The lowest BCUT2D eigenvalue weighted by Gasteiger charge is -2.22. The minimum atomic E-state index is 0.726. The lowest BCUT2D eigenvalue weighted by molar-refractivity contribution is 0.360. The predicted molar refractivity (Wildman–Crippen MR) is 176 cm³/mol. The molecule has 1 aromatic heterocycles. The van der Waals surface area contributed by atoms with Crippen LogP contribution in [0.5, 0.6) is 23.0 Å². The topological polar surface area (TPSA) is 23.4 Å². The lowest BCUT2D eigenvalue weighted by atomic mass is 9.98. The molecular formula is C40H25NO2. The number of aromatic nitrogens is 1. The van der Waals surface area contributed by atoms with E-state index in [0.717, 1.165) is 44.9 Å². The van der Waals surface area contributed by atoms with E-state index in [2.05, 4.69) is 126 Å². The van der Waals surface area contributed by atoms with E-state index in [-0.39, 0.29) is 0 Å². The molecule has 3 nitrogen and oxygen atoms in total. The van der Waals surface area contributed by atoms with Crippen molar-refractivity contribution in [2.75, 3.05) is 0 Å². The van der Waals surface area contributed by atoms with Crippen LogP contribution in [0.1, 0.15) is 0 Å². The van der Waals surface area contributed by atoms with Gasteiger partial charge in [0.05, 0.1) is 11.0 Å². The van der Waals surface area contributed by atoms with Crippen LogP contribution in [-0.2, 0) is 0 Å². The average molecular weight is 552 g/mol. The number of hydrogen-bond donors (Lipinski definition) is 0. The summed E-state index contributed by atoms with van der Waals surface area (Å²) in [7, 11) is 0. The molecule has 0 radical (unpaired) electrons. The highest BCUT2D eigenvalue weighted by molar-refractivity contribution is 6.10. The zero-order chi connectivity index (χ0) is 28.3. The third kappa shape index (κ3) is 3.90. The van der Waals surface area contributed by atoms with E-state index < -0.39 is 0 Å². The van der Waals surface area contributed by atoms with Gasteiger partial charge >= 0.3 is 0 Å². The summed E-state index contributed by atoms with van der Waals surface area (Å²) in [6, 6.07) is 53.2. The minimum Gasteiger partial charge on any atom is -0.449 e. The molecule has 1 aliphatic rings. The van der Waals surface area contributed by atoms with Crippen LogP contribution in [0, 0.1) is 0 Å². The van der Waals surface area contributed by atoms with E-state index in [1.54, 1.807) is 0 Å². The van der Waals surface area contributed by atoms with E-state index in [4.69, 9.17) is 9.47 Å². The van der Waals surface area contributed by atoms with Crippen LogP contribution < -0.4 is 9.47 Å². The molecule has 2 heterocycles. The quantitative estimate of drug-likeness (QED) is 0.218. The third-order valence-electron chi connectivity index (χ3n) is 8.43. The molecule has 3 heteroatoms. The van der Waals surface area contributed by atoms with Crippen LogP contribution in [0.15, 0.2) is 152 Å². The van der Waals surface area contributed by atoms with Crippen molar-refractivity contribution in [3.8, 4) is 50.9 Å². The van der Waals surface area contributed by atoms with Gasteiger partial charge in [0.15, 0.2) is 23.0 Å². The fourth-order valence-electron chi connectivity index (χ4n) is 6.31. The first kappa shape index (κ1) is 23.9. The third-order valence-corrected chi connectivity index (χ3v) is 8.43. The number of rotatable bonds is 3. The standard InChI is InChI=1S/C40H25NO2/c1-2-10-32(11-3-1)41-35-13-7-6-12-33(35)34-22-30(18-20-36(34)41)26-14-16-27(17-15-26)31-19-21-37-38(25-31)43-40-24-29-9-5-4-8-28(29)23-39(40)42-37/h1-25H. The Balaban J connectivity index is 1.05. The summed E-state index contributed by atoms with van der Waals surface area (Å²) in [5, 5.41) is 4.76. The number of hydrogen-bond acceptors (Lipinski definition) is 2. The molecule has 0 atom stereocenters. The van der Waals surface area contributed by atoms with E-state index in [1.165, 1.54) is 38.6 Å². The SMILES string of the molecule is c1ccc(-n2c3ccccc3c3cc(-c4ccc(-c5ccc6c(c5)Oc5cc7ccccc7cc5O6)cc4)ccc32)cc1.